The molecular weight excluding hydrogens is 402 g/mol. The molecule has 1 atom stereocenters. The van der Waals surface area contributed by atoms with E-state index in [9.17, 15) is 0 Å². The Labute approximate surface area is 184 Å². The lowest BCUT2D eigenvalue weighted by molar-refractivity contribution is 0.547. The maximum atomic E-state index is 4.85. The van der Waals surface area contributed by atoms with Gasteiger partial charge in [0.1, 0.15) is 0 Å². The standard InChI is InChI=1S/C25H23N5S/c1-3-17(4-2-16(1)13-28-20-8-9-26-14-20)23-12-22-24(31-23)15-29-25(30-22)19-5-6-21-18(11-19)7-10-27-21/h1-7,10-12,15,20,26-28H,8-9,13-14H2. The van der Waals surface area contributed by atoms with Gasteiger partial charge in [0.25, 0.3) is 0 Å². The first-order valence-electron chi connectivity index (χ1n) is 10.7. The zero-order valence-electron chi connectivity index (χ0n) is 17.1. The molecule has 5 aromatic rings. The molecule has 0 saturated carbocycles. The second kappa shape index (κ2) is 7.89. The summed E-state index contributed by atoms with van der Waals surface area (Å²) in [5.41, 5.74) is 5.71. The molecule has 1 unspecified atom stereocenters. The Kier molecular flexibility index (Phi) is 4.76. The summed E-state index contributed by atoms with van der Waals surface area (Å²) in [4.78, 5) is 13.9. The van der Waals surface area contributed by atoms with Crippen LogP contribution in [0.4, 0.5) is 0 Å². The van der Waals surface area contributed by atoms with Gasteiger partial charge in [-0.3, -0.25) is 0 Å². The quantitative estimate of drug-likeness (QED) is 0.372. The van der Waals surface area contributed by atoms with E-state index in [1.807, 2.05) is 12.4 Å². The first-order chi connectivity index (χ1) is 15.3. The van der Waals surface area contributed by atoms with Gasteiger partial charge in [0.15, 0.2) is 5.82 Å². The van der Waals surface area contributed by atoms with Crippen molar-refractivity contribution in [2.45, 2.75) is 19.0 Å². The lowest BCUT2D eigenvalue weighted by atomic mass is 10.1. The summed E-state index contributed by atoms with van der Waals surface area (Å²) < 4.78 is 1.11. The van der Waals surface area contributed by atoms with Crippen LogP contribution >= 0.6 is 11.3 Å². The molecular formula is C25H23N5S. The minimum Gasteiger partial charge on any atom is -0.361 e. The molecule has 0 radical (unpaired) electrons. The van der Waals surface area contributed by atoms with Crippen LogP contribution in [0.1, 0.15) is 12.0 Å². The van der Waals surface area contributed by atoms with Gasteiger partial charge in [0.05, 0.1) is 10.2 Å². The molecule has 1 aliphatic heterocycles. The zero-order valence-corrected chi connectivity index (χ0v) is 17.9. The number of fused-ring (bicyclic) bond motifs is 2. The van der Waals surface area contributed by atoms with E-state index in [0.29, 0.717) is 6.04 Å². The third kappa shape index (κ3) is 3.74. The van der Waals surface area contributed by atoms with E-state index in [1.165, 1.54) is 27.8 Å². The number of nitrogens with one attached hydrogen (secondary N) is 3. The average molecular weight is 426 g/mol. The highest BCUT2D eigenvalue weighted by Gasteiger charge is 2.13. The lowest BCUT2D eigenvalue weighted by Crippen LogP contribution is -2.30. The first kappa shape index (κ1) is 18.7. The Morgan fingerprint density at radius 2 is 1.94 bits per heavy atom. The number of benzene rings is 2. The van der Waals surface area contributed by atoms with Crippen LogP contribution in [0.2, 0.25) is 0 Å². The van der Waals surface area contributed by atoms with Crippen LogP contribution in [0.3, 0.4) is 0 Å². The second-order valence-corrected chi connectivity index (χ2v) is 9.18. The minimum atomic E-state index is 0.591. The Morgan fingerprint density at radius 1 is 1.03 bits per heavy atom. The van der Waals surface area contributed by atoms with Crippen LogP contribution in [-0.2, 0) is 6.54 Å². The highest BCUT2D eigenvalue weighted by Crippen LogP contribution is 2.33. The van der Waals surface area contributed by atoms with Crippen LogP contribution in [0.25, 0.3) is 42.9 Å². The predicted molar refractivity (Wildman–Crippen MR) is 128 cm³/mol. The summed E-state index contributed by atoms with van der Waals surface area (Å²) >= 11 is 1.74. The van der Waals surface area contributed by atoms with Crippen molar-refractivity contribution in [3.8, 4) is 21.8 Å². The van der Waals surface area contributed by atoms with Gasteiger partial charge in [-0.1, -0.05) is 24.3 Å². The van der Waals surface area contributed by atoms with E-state index in [2.05, 4.69) is 75.2 Å². The molecule has 1 saturated heterocycles. The van der Waals surface area contributed by atoms with Crippen LogP contribution in [0.15, 0.2) is 67.0 Å². The summed E-state index contributed by atoms with van der Waals surface area (Å²) in [6, 6.07) is 20.0. The van der Waals surface area contributed by atoms with Gasteiger partial charge in [0.2, 0.25) is 0 Å². The van der Waals surface area contributed by atoms with E-state index in [0.717, 1.165) is 46.8 Å². The third-order valence-electron chi connectivity index (χ3n) is 5.98. The number of H-pyrrole nitrogens is 1. The van der Waals surface area contributed by atoms with Crippen LogP contribution in [0.5, 0.6) is 0 Å². The van der Waals surface area contributed by atoms with Gasteiger partial charge in [0, 0.05) is 52.9 Å². The molecule has 6 rings (SSSR count). The molecule has 0 spiro atoms. The molecule has 3 N–H and O–H groups in total. The molecule has 31 heavy (non-hydrogen) atoms. The Balaban J connectivity index is 1.24. The molecule has 4 heterocycles. The van der Waals surface area contributed by atoms with Gasteiger partial charge < -0.3 is 15.6 Å². The normalized spacial score (nSPS) is 16.5. The number of nitrogens with zero attached hydrogens (tertiary/aromatic N) is 2. The van der Waals surface area contributed by atoms with E-state index in [-0.39, 0.29) is 0 Å². The smallest absolute Gasteiger partial charge is 0.159 e. The molecule has 154 valence electrons. The van der Waals surface area contributed by atoms with Crippen molar-refractivity contribution >= 4 is 32.5 Å². The van der Waals surface area contributed by atoms with Crippen LogP contribution < -0.4 is 10.6 Å². The average Bonchev–Trinajstić information content (AvgIpc) is 3.57. The molecule has 0 amide bonds. The molecule has 6 heteroatoms. The summed E-state index contributed by atoms with van der Waals surface area (Å²) in [7, 11) is 0. The maximum absolute atomic E-state index is 4.85. The molecule has 0 bridgehead atoms. The number of hydrogen-bond acceptors (Lipinski definition) is 5. The van der Waals surface area contributed by atoms with E-state index in [4.69, 9.17) is 4.98 Å². The van der Waals surface area contributed by atoms with Gasteiger partial charge >= 0.3 is 0 Å². The largest absolute Gasteiger partial charge is 0.361 e. The first-order valence-corrected chi connectivity index (χ1v) is 11.5. The van der Waals surface area contributed by atoms with Gasteiger partial charge in [-0.25, -0.2) is 9.97 Å². The summed E-state index contributed by atoms with van der Waals surface area (Å²) in [5, 5.41) is 8.20. The molecule has 2 aromatic carbocycles. The van der Waals surface area contributed by atoms with Crippen molar-refractivity contribution in [3.63, 3.8) is 0 Å². The minimum absolute atomic E-state index is 0.591. The van der Waals surface area contributed by atoms with Crippen molar-refractivity contribution in [2.24, 2.45) is 0 Å². The third-order valence-corrected chi connectivity index (χ3v) is 7.08. The fraction of sp³-hybridized carbons (Fsp3) is 0.200. The number of hydrogen-bond donors (Lipinski definition) is 3. The number of rotatable bonds is 5. The SMILES string of the molecule is c1cc2cc(-c3ncc4sc(-c5ccc(CNC6CCNC6)cc5)cc4n3)ccc2[nH]1. The Morgan fingerprint density at radius 3 is 2.81 bits per heavy atom. The van der Waals surface area contributed by atoms with Gasteiger partial charge in [-0.05, 0) is 54.4 Å². The molecule has 3 aromatic heterocycles. The monoisotopic (exact) mass is 425 g/mol. The van der Waals surface area contributed by atoms with Crippen LogP contribution in [-0.4, -0.2) is 34.1 Å². The second-order valence-electron chi connectivity index (χ2n) is 8.10. The van der Waals surface area contributed by atoms with Crippen molar-refractivity contribution in [3.05, 3.63) is 72.6 Å². The molecule has 5 nitrogen and oxygen atoms in total. The highest BCUT2D eigenvalue weighted by atomic mass is 32.1. The topological polar surface area (TPSA) is 65.6 Å². The summed E-state index contributed by atoms with van der Waals surface area (Å²) in [5.74, 6) is 0.766. The summed E-state index contributed by atoms with van der Waals surface area (Å²) in [6.07, 6.45) is 5.11. The van der Waals surface area contributed by atoms with Crippen molar-refractivity contribution in [1.29, 1.82) is 0 Å². The van der Waals surface area contributed by atoms with Crippen molar-refractivity contribution in [1.82, 2.24) is 25.6 Å². The Hall–Kier alpha value is -3.06. The fourth-order valence-electron chi connectivity index (χ4n) is 4.19. The van der Waals surface area contributed by atoms with Gasteiger partial charge in [-0.2, -0.15) is 0 Å². The highest BCUT2D eigenvalue weighted by molar-refractivity contribution is 7.22. The summed E-state index contributed by atoms with van der Waals surface area (Å²) in [6.45, 7) is 3.11. The van der Waals surface area contributed by atoms with E-state index >= 15 is 0 Å². The fourth-order valence-corrected chi connectivity index (χ4v) is 5.17. The predicted octanol–water partition coefficient (Wildman–Crippen LogP) is 4.96. The van der Waals surface area contributed by atoms with E-state index < -0.39 is 0 Å². The van der Waals surface area contributed by atoms with Crippen molar-refractivity contribution < 1.29 is 0 Å². The number of thiophene rings is 1. The Bertz CT molecular complexity index is 1350. The molecule has 1 fully saturated rings. The maximum Gasteiger partial charge on any atom is 0.159 e. The molecule has 1 aliphatic rings. The molecule has 0 aliphatic carbocycles. The number of aromatic amines is 1. The van der Waals surface area contributed by atoms with E-state index in [1.54, 1.807) is 11.3 Å². The van der Waals surface area contributed by atoms with Crippen LogP contribution in [0, 0.1) is 0 Å². The van der Waals surface area contributed by atoms with Crippen molar-refractivity contribution in [2.75, 3.05) is 13.1 Å². The number of aromatic nitrogens is 3. The lowest BCUT2D eigenvalue weighted by Gasteiger charge is -2.11. The zero-order chi connectivity index (χ0) is 20.6. The van der Waals surface area contributed by atoms with Gasteiger partial charge in [-0.15, -0.1) is 11.3 Å².